The Hall–Kier alpha value is -2.58. The lowest BCUT2D eigenvalue weighted by atomic mass is 10.1. The Bertz CT molecular complexity index is 1130. The van der Waals surface area contributed by atoms with Crippen LogP contribution >= 0.6 is 23.4 Å². The summed E-state index contributed by atoms with van der Waals surface area (Å²) in [5.74, 6) is 0.696. The van der Waals surface area contributed by atoms with Gasteiger partial charge >= 0.3 is 0 Å². The molecule has 0 bridgehead atoms. The van der Waals surface area contributed by atoms with Crippen LogP contribution in [0.5, 0.6) is 0 Å². The Balaban J connectivity index is 1.51. The van der Waals surface area contributed by atoms with Crippen LogP contribution in [-0.4, -0.2) is 56.3 Å². The van der Waals surface area contributed by atoms with Gasteiger partial charge < -0.3 is 20.8 Å². The van der Waals surface area contributed by atoms with E-state index in [0.29, 0.717) is 18.7 Å². The number of rotatable bonds is 12. The number of hydrogen-bond donors (Lipinski definition) is 3. The predicted octanol–water partition coefficient (Wildman–Crippen LogP) is 6.25. The molecular formula is C28H32ClFN4OS. The second kappa shape index (κ2) is 13.7. The van der Waals surface area contributed by atoms with Crippen molar-refractivity contribution in [3.8, 4) is 0 Å². The van der Waals surface area contributed by atoms with Crippen molar-refractivity contribution in [2.45, 2.75) is 16.8 Å². The fourth-order valence-corrected chi connectivity index (χ4v) is 5.30. The maximum Gasteiger partial charge on any atom is 0.128 e. The molecule has 5 nitrogen and oxygen atoms in total. The van der Waals surface area contributed by atoms with Crippen molar-refractivity contribution in [2.75, 3.05) is 55.8 Å². The first-order valence-electron chi connectivity index (χ1n) is 12.2. The molecule has 36 heavy (non-hydrogen) atoms. The molecule has 1 aliphatic heterocycles. The Morgan fingerprint density at radius 1 is 1.03 bits per heavy atom. The minimum Gasteiger partial charge on any atom is -0.383 e. The highest BCUT2D eigenvalue weighted by atomic mass is 35.5. The first-order chi connectivity index (χ1) is 17.6. The topological polar surface area (TPSA) is 60.4 Å². The number of ether oxygens (including phenoxy) is 1. The maximum absolute atomic E-state index is 14.2. The van der Waals surface area contributed by atoms with Crippen LogP contribution in [0.2, 0.25) is 0 Å². The number of nitrogens with zero attached hydrogens (tertiary/aromatic N) is 1. The van der Waals surface area contributed by atoms with Gasteiger partial charge in [0.2, 0.25) is 0 Å². The van der Waals surface area contributed by atoms with Crippen molar-refractivity contribution >= 4 is 41.0 Å². The number of halogens is 2. The lowest BCUT2D eigenvalue weighted by Crippen LogP contribution is -2.37. The van der Waals surface area contributed by atoms with Crippen LogP contribution in [0.25, 0.3) is 0 Å². The summed E-state index contributed by atoms with van der Waals surface area (Å²) in [4.78, 5) is 3.50. The predicted molar refractivity (Wildman–Crippen MR) is 150 cm³/mol. The fourth-order valence-electron chi connectivity index (χ4n) is 4.09. The highest BCUT2D eigenvalue weighted by molar-refractivity contribution is 7.99. The van der Waals surface area contributed by atoms with Crippen molar-refractivity contribution in [3.05, 3.63) is 89.2 Å². The molecule has 0 spiro atoms. The number of hydrogen-bond acceptors (Lipinski definition) is 6. The Morgan fingerprint density at radius 3 is 2.44 bits per heavy atom. The highest BCUT2D eigenvalue weighted by Crippen LogP contribution is 2.32. The number of thioether (sulfide) groups is 1. The Morgan fingerprint density at radius 2 is 1.72 bits per heavy atom. The first-order valence-corrected chi connectivity index (χ1v) is 13.6. The molecule has 0 aliphatic carbocycles. The summed E-state index contributed by atoms with van der Waals surface area (Å²) in [6.07, 6.45) is 1.33. The fraction of sp³-hybridized carbons (Fsp3) is 0.321. The van der Waals surface area contributed by atoms with Crippen molar-refractivity contribution in [1.29, 1.82) is 5.41 Å². The Kier molecular flexibility index (Phi) is 10.0. The standard InChI is InChI=1S/C28H32ClFN4OS/c29-25(21-6-2-1-3-7-21)20-33-28-17-23(36-15-12-34-10-13-35-14-11-34)16-27(24(28)18-31)32-19-22-8-4-5-9-26(22)30/h1-9,16-18,25,31-33H,10-15,19-20H2. The molecule has 0 aromatic heterocycles. The average Bonchev–Trinajstić information content (AvgIpc) is 2.92. The van der Waals surface area contributed by atoms with Crippen LogP contribution in [-0.2, 0) is 11.3 Å². The van der Waals surface area contributed by atoms with E-state index in [1.165, 1.54) is 12.3 Å². The van der Waals surface area contributed by atoms with Crippen LogP contribution in [0.3, 0.4) is 0 Å². The minimum atomic E-state index is -0.247. The van der Waals surface area contributed by atoms with Gasteiger partial charge in [0.15, 0.2) is 0 Å². The summed E-state index contributed by atoms with van der Waals surface area (Å²) in [6, 6.07) is 20.8. The zero-order valence-electron chi connectivity index (χ0n) is 20.2. The van der Waals surface area contributed by atoms with E-state index in [4.69, 9.17) is 21.7 Å². The zero-order valence-corrected chi connectivity index (χ0v) is 21.8. The normalized spacial score (nSPS) is 14.8. The van der Waals surface area contributed by atoms with Gasteiger partial charge in [0.05, 0.1) is 18.6 Å². The van der Waals surface area contributed by atoms with Crippen molar-refractivity contribution < 1.29 is 9.13 Å². The average molecular weight is 527 g/mol. The molecule has 0 saturated carbocycles. The van der Waals surface area contributed by atoms with Gasteiger partial charge in [-0.25, -0.2) is 4.39 Å². The van der Waals surface area contributed by atoms with Gasteiger partial charge in [0, 0.05) is 72.1 Å². The van der Waals surface area contributed by atoms with Gasteiger partial charge in [-0.2, -0.15) is 0 Å². The summed E-state index contributed by atoms with van der Waals surface area (Å²) >= 11 is 8.43. The van der Waals surface area contributed by atoms with E-state index < -0.39 is 0 Å². The number of benzene rings is 3. The summed E-state index contributed by atoms with van der Waals surface area (Å²) in [7, 11) is 0. The van der Waals surface area contributed by atoms with E-state index in [-0.39, 0.29) is 11.2 Å². The van der Waals surface area contributed by atoms with E-state index in [1.54, 1.807) is 23.9 Å². The number of anilines is 2. The number of morpholine rings is 1. The lowest BCUT2D eigenvalue weighted by Gasteiger charge is -2.26. The molecule has 190 valence electrons. The van der Waals surface area contributed by atoms with Gasteiger partial charge in [-0.3, -0.25) is 4.90 Å². The quantitative estimate of drug-likeness (QED) is 0.148. The number of alkyl halides is 1. The molecule has 1 saturated heterocycles. The van der Waals surface area contributed by atoms with Crippen molar-refractivity contribution in [1.82, 2.24) is 4.90 Å². The molecule has 1 atom stereocenters. The summed E-state index contributed by atoms with van der Waals surface area (Å²) in [5, 5.41) is 14.7. The molecule has 3 aromatic rings. The Labute approximate surface area is 221 Å². The summed E-state index contributed by atoms with van der Waals surface area (Å²) in [6.45, 7) is 5.34. The van der Waals surface area contributed by atoms with Gasteiger partial charge in [-0.1, -0.05) is 48.5 Å². The van der Waals surface area contributed by atoms with Crippen molar-refractivity contribution in [3.63, 3.8) is 0 Å². The van der Waals surface area contributed by atoms with E-state index in [9.17, 15) is 4.39 Å². The largest absolute Gasteiger partial charge is 0.383 e. The third-order valence-electron chi connectivity index (χ3n) is 6.14. The molecule has 0 radical (unpaired) electrons. The van der Waals surface area contributed by atoms with E-state index in [1.807, 2.05) is 42.5 Å². The van der Waals surface area contributed by atoms with E-state index in [2.05, 4.69) is 21.6 Å². The molecule has 3 aromatic carbocycles. The third kappa shape index (κ3) is 7.46. The first kappa shape index (κ1) is 26.5. The molecule has 3 N–H and O–H groups in total. The van der Waals surface area contributed by atoms with Crippen LogP contribution in [0, 0.1) is 11.2 Å². The molecule has 1 unspecified atom stereocenters. The monoisotopic (exact) mass is 526 g/mol. The molecule has 4 rings (SSSR count). The highest BCUT2D eigenvalue weighted by Gasteiger charge is 2.15. The van der Waals surface area contributed by atoms with Gasteiger partial charge in [0.1, 0.15) is 5.82 Å². The van der Waals surface area contributed by atoms with Crippen LogP contribution in [0.4, 0.5) is 15.8 Å². The van der Waals surface area contributed by atoms with Crippen LogP contribution in [0.1, 0.15) is 22.1 Å². The smallest absolute Gasteiger partial charge is 0.128 e. The number of nitrogens with one attached hydrogen (secondary N) is 3. The molecule has 1 heterocycles. The SMILES string of the molecule is N=Cc1c(NCc2ccccc2F)cc(SCCN2CCOCC2)cc1NCC(Cl)c1ccccc1. The van der Waals surface area contributed by atoms with E-state index in [0.717, 1.165) is 66.0 Å². The summed E-state index contributed by atoms with van der Waals surface area (Å²) in [5.41, 5.74) is 3.97. The van der Waals surface area contributed by atoms with Gasteiger partial charge in [-0.05, 0) is 23.8 Å². The molecule has 8 heteroatoms. The molecule has 1 aliphatic rings. The van der Waals surface area contributed by atoms with Gasteiger partial charge in [0.25, 0.3) is 0 Å². The van der Waals surface area contributed by atoms with Gasteiger partial charge in [-0.15, -0.1) is 23.4 Å². The van der Waals surface area contributed by atoms with Crippen LogP contribution in [0.15, 0.2) is 71.6 Å². The van der Waals surface area contributed by atoms with E-state index >= 15 is 0 Å². The molecule has 1 fully saturated rings. The molecule has 0 amide bonds. The summed E-state index contributed by atoms with van der Waals surface area (Å²) < 4.78 is 19.7. The second-order valence-electron chi connectivity index (χ2n) is 8.58. The lowest BCUT2D eigenvalue weighted by molar-refractivity contribution is 0.0410. The maximum atomic E-state index is 14.2. The van der Waals surface area contributed by atoms with Crippen molar-refractivity contribution in [2.24, 2.45) is 0 Å². The van der Waals surface area contributed by atoms with Crippen LogP contribution < -0.4 is 10.6 Å². The third-order valence-corrected chi connectivity index (χ3v) is 7.50. The molecular weight excluding hydrogens is 495 g/mol. The zero-order chi connectivity index (χ0) is 25.2. The minimum absolute atomic E-state index is 0.211. The second-order valence-corrected chi connectivity index (χ2v) is 10.3.